The first kappa shape index (κ1) is 17.5. The monoisotopic (exact) mass is 338 g/mol. The van der Waals surface area contributed by atoms with Gasteiger partial charge < -0.3 is 10.1 Å². The van der Waals surface area contributed by atoms with Crippen LogP contribution in [-0.4, -0.2) is 28.0 Å². The smallest absolute Gasteiger partial charge is 0.255 e. The molecule has 0 atom stereocenters. The van der Waals surface area contributed by atoms with E-state index in [2.05, 4.69) is 11.4 Å². The molecule has 0 saturated carbocycles. The lowest BCUT2D eigenvalue weighted by Gasteiger charge is -2.14. The Kier molecular flexibility index (Phi) is 5.79. The zero-order chi connectivity index (χ0) is 16.9. The van der Waals surface area contributed by atoms with Crippen LogP contribution in [0.25, 0.3) is 0 Å². The Morgan fingerprint density at radius 2 is 2.13 bits per heavy atom. The van der Waals surface area contributed by atoms with Gasteiger partial charge in [-0.2, -0.15) is 0 Å². The van der Waals surface area contributed by atoms with Crippen LogP contribution in [0.1, 0.15) is 42.5 Å². The Labute approximate surface area is 136 Å². The second kappa shape index (κ2) is 7.61. The van der Waals surface area contributed by atoms with Crippen molar-refractivity contribution in [2.45, 2.75) is 37.0 Å². The molecular formula is C16H22N2O4S. The summed E-state index contributed by atoms with van der Waals surface area (Å²) in [6.45, 7) is 0.507. The average Bonchev–Trinajstić information content (AvgIpc) is 2.54. The second-order valence-corrected chi connectivity index (χ2v) is 7.08. The molecule has 1 aliphatic rings. The summed E-state index contributed by atoms with van der Waals surface area (Å²) in [4.78, 5) is 12.2. The molecule has 1 amide bonds. The van der Waals surface area contributed by atoms with E-state index in [4.69, 9.17) is 9.88 Å². The van der Waals surface area contributed by atoms with Gasteiger partial charge in [-0.15, -0.1) is 0 Å². The van der Waals surface area contributed by atoms with Crippen LogP contribution in [0.2, 0.25) is 0 Å². The molecule has 0 heterocycles. The topological polar surface area (TPSA) is 98.5 Å². The average molecular weight is 338 g/mol. The van der Waals surface area contributed by atoms with Gasteiger partial charge in [0.25, 0.3) is 5.91 Å². The number of nitrogens with one attached hydrogen (secondary N) is 1. The number of rotatable bonds is 6. The minimum Gasteiger partial charge on any atom is -0.496 e. The maximum absolute atomic E-state index is 12.3. The number of sulfonamides is 1. The number of carbonyl (C=O) groups is 1. The molecule has 3 N–H and O–H groups in total. The highest BCUT2D eigenvalue weighted by molar-refractivity contribution is 7.89. The summed E-state index contributed by atoms with van der Waals surface area (Å²) < 4.78 is 28.0. The molecule has 0 aromatic heterocycles. The Morgan fingerprint density at radius 3 is 2.74 bits per heavy atom. The summed E-state index contributed by atoms with van der Waals surface area (Å²) in [5, 5.41) is 7.91. The SMILES string of the molecule is COc1ccc(S(N)(=O)=O)cc1C(=O)NCCC1=CCCCC1. The highest BCUT2D eigenvalue weighted by Gasteiger charge is 2.17. The third-order valence-corrected chi connectivity index (χ3v) is 4.77. The van der Waals surface area contributed by atoms with Gasteiger partial charge in [-0.25, -0.2) is 13.6 Å². The van der Waals surface area contributed by atoms with Gasteiger partial charge in [0.15, 0.2) is 0 Å². The fraction of sp³-hybridized carbons (Fsp3) is 0.438. The third kappa shape index (κ3) is 4.80. The van der Waals surface area contributed by atoms with Crippen LogP contribution in [0, 0.1) is 0 Å². The maximum atomic E-state index is 12.3. The Balaban J connectivity index is 2.06. The molecule has 0 fully saturated rings. The first-order chi connectivity index (χ1) is 10.9. The van der Waals surface area contributed by atoms with Gasteiger partial charge in [-0.05, 0) is 50.3 Å². The zero-order valence-corrected chi connectivity index (χ0v) is 14.0. The van der Waals surface area contributed by atoms with E-state index < -0.39 is 10.0 Å². The van der Waals surface area contributed by atoms with Crippen molar-refractivity contribution in [1.82, 2.24) is 5.32 Å². The van der Waals surface area contributed by atoms with Gasteiger partial charge in [0, 0.05) is 6.54 Å². The van der Waals surface area contributed by atoms with Gasteiger partial charge in [-0.1, -0.05) is 11.6 Å². The lowest BCUT2D eigenvalue weighted by atomic mass is 9.97. The van der Waals surface area contributed by atoms with Crippen molar-refractivity contribution in [3.05, 3.63) is 35.4 Å². The van der Waals surface area contributed by atoms with Crippen molar-refractivity contribution in [2.75, 3.05) is 13.7 Å². The number of hydrogen-bond acceptors (Lipinski definition) is 4. The molecule has 1 aliphatic carbocycles. The molecule has 1 aromatic carbocycles. The number of primary sulfonamides is 1. The molecule has 0 unspecified atom stereocenters. The summed E-state index contributed by atoms with van der Waals surface area (Å²) in [5.74, 6) is -0.0597. The Morgan fingerprint density at radius 1 is 1.35 bits per heavy atom. The summed E-state index contributed by atoms with van der Waals surface area (Å²) >= 11 is 0. The molecule has 0 radical (unpaired) electrons. The third-order valence-electron chi connectivity index (χ3n) is 3.86. The van der Waals surface area contributed by atoms with Crippen molar-refractivity contribution in [1.29, 1.82) is 0 Å². The summed E-state index contributed by atoms with van der Waals surface area (Å²) in [5.41, 5.74) is 1.53. The number of methoxy groups -OCH3 is 1. The highest BCUT2D eigenvalue weighted by Crippen LogP contribution is 2.22. The van der Waals surface area contributed by atoms with E-state index in [0.717, 1.165) is 19.3 Å². The number of allylic oxidation sites excluding steroid dienone is 1. The fourth-order valence-corrected chi connectivity index (χ4v) is 3.14. The fourth-order valence-electron chi connectivity index (χ4n) is 2.61. The van der Waals surface area contributed by atoms with E-state index in [9.17, 15) is 13.2 Å². The van der Waals surface area contributed by atoms with Gasteiger partial charge in [0.1, 0.15) is 5.75 Å². The van der Waals surface area contributed by atoms with Gasteiger partial charge in [-0.3, -0.25) is 4.79 Å². The molecule has 6 nitrogen and oxygen atoms in total. The molecule has 7 heteroatoms. The lowest BCUT2D eigenvalue weighted by Crippen LogP contribution is -2.26. The minimum absolute atomic E-state index is 0.113. The van der Waals surface area contributed by atoms with E-state index in [1.165, 1.54) is 43.7 Å². The molecule has 126 valence electrons. The first-order valence-corrected chi connectivity index (χ1v) is 9.13. The molecule has 1 aromatic rings. The van der Waals surface area contributed by atoms with Crippen LogP contribution in [0.15, 0.2) is 34.7 Å². The maximum Gasteiger partial charge on any atom is 0.255 e. The summed E-state index contributed by atoms with van der Waals surface area (Å²) in [6, 6.07) is 3.99. The first-order valence-electron chi connectivity index (χ1n) is 7.59. The van der Waals surface area contributed by atoms with Crippen molar-refractivity contribution >= 4 is 15.9 Å². The van der Waals surface area contributed by atoms with E-state index in [1.807, 2.05) is 0 Å². The molecule has 0 bridgehead atoms. The predicted octanol–water partition coefficient (Wildman–Crippen LogP) is 1.96. The van der Waals surface area contributed by atoms with Crippen LogP contribution in [0.5, 0.6) is 5.75 Å². The van der Waals surface area contributed by atoms with Crippen molar-refractivity contribution < 1.29 is 17.9 Å². The number of carbonyl (C=O) groups excluding carboxylic acids is 1. The van der Waals surface area contributed by atoms with E-state index >= 15 is 0 Å². The van der Waals surface area contributed by atoms with Gasteiger partial charge in [0.05, 0.1) is 17.6 Å². The molecule has 2 rings (SSSR count). The molecule has 0 aliphatic heterocycles. The number of benzene rings is 1. The van der Waals surface area contributed by atoms with Gasteiger partial charge in [0.2, 0.25) is 10.0 Å². The van der Waals surface area contributed by atoms with Crippen LogP contribution in [0.4, 0.5) is 0 Å². The molecule has 23 heavy (non-hydrogen) atoms. The Bertz CT molecular complexity index is 711. The van der Waals surface area contributed by atoms with E-state index in [-0.39, 0.29) is 16.4 Å². The molecule has 0 saturated heterocycles. The number of nitrogens with two attached hydrogens (primary N) is 1. The van der Waals surface area contributed by atoms with Crippen LogP contribution < -0.4 is 15.2 Å². The Hall–Kier alpha value is -1.86. The number of amides is 1. The quantitative estimate of drug-likeness (QED) is 0.775. The second-order valence-electron chi connectivity index (χ2n) is 5.52. The van der Waals surface area contributed by atoms with Crippen molar-refractivity contribution in [3.63, 3.8) is 0 Å². The highest BCUT2D eigenvalue weighted by atomic mass is 32.2. The molecule has 0 spiro atoms. The standard InChI is InChI=1S/C16H22N2O4S/c1-22-15-8-7-13(23(17,20)21)11-14(15)16(19)18-10-9-12-5-3-2-4-6-12/h5,7-8,11H,2-4,6,9-10H2,1H3,(H,18,19)(H2,17,20,21). The normalized spacial score (nSPS) is 15.0. The van der Waals surface area contributed by atoms with E-state index in [1.54, 1.807) is 0 Å². The summed E-state index contributed by atoms with van der Waals surface area (Å²) in [7, 11) is -2.44. The van der Waals surface area contributed by atoms with Crippen LogP contribution in [0.3, 0.4) is 0 Å². The predicted molar refractivity (Wildman–Crippen MR) is 87.9 cm³/mol. The number of hydrogen-bond donors (Lipinski definition) is 2. The molecular weight excluding hydrogens is 316 g/mol. The van der Waals surface area contributed by atoms with Crippen LogP contribution >= 0.6 is 0 Å². The number of ether oxygens (including phenoxy) is 1. The van der Waals surface area contributed by atoms with Crippen molar-refractivity contribution in [2.24, 2.45) is 5.14 Å². The van der Waals surface area contributed by atoms with Crippen LogP contribution in [-0.2, 0) is 10.0 Å². The summed E-state index contributed by atoms with van der Waals surface area (Å²) in [6.07, 6.45) is 7.66. The largest absolute Gasteiger partial charge is 0.496 e. The van der Waals surface area contributed by atoms with Gasteiger partial charge >= 0.3 is 0 Å². The minimum atomic E-state index is -3.87. The lowest BCUT2D eigenvalue weighted by molar-refractivity contribution is 0.0950. The van der Waals surface area contributed by atoms with Crippen molar-refractivity contribution in [3.8, 4) is 5.75 Å². The van der Waals surface area contributed by atoms with E-state index in [0.29, 0.717) is 12.3 Å². The zero-order valence-electron chi connectivity index (χ0n) is 13.2.